The molecule has 1 aliphatic heterocycles. The fraction of sp³-hybridized carbons (Fsp3) is 0.273. The minimum atomic E-state index is 0.237. The zero-order chi connectivity index (χ0) is 11.0. The molecule has 1 aromatic heterocycles. The molecule has 82 valence electrons. The van der Waals surface area contributed by atoms with Gasteiger partial charge in [-0.3, -0.25) is 0 Å². The Balaban J connectivity index is 2.00. The Hall–Kier alpha value is -1.55. The van der Waals surface area contributed by atoms with Crippen LogP contribution in [0.1, 0.15) is 11.5 Å². The Morgan fingerprint density at radius 3 is 3.06 bits per heavy atom. The second kappa shape index (κ2) is 3.79. The Labute approximate surface area is 97.2 Å². The van der Waals surface area contributed by atoms with Gasteiger partial charge in [-0.1, -0.05) is 0 Å². The van der Waals surface area contributed by atoms with Gasteiger partial charge in [-0.2, -0.15) is 0 Å². The number of halogens is 1. The molecule has 5 heteroatoms. The predicted octanol–water partition coefficient (Wildman–Crippen LogP) is 2.41. The molecule has 0 atom stereocenters. The summed E-state index contributed by atoms with van der Waals surface area (Å²) < 4.78 is 10.8. The maximum atomic E-state index is 5.61. The Morgan fingerprint density at radius 2 is 2.25 bits per heavy atom. The number of alkyl halides is 1. The number of aromatic nitrogens is 2. The number of rotatable bonds is 2. The van der Waals surface area contributed by atoms with E-state index in [-0.39, 0.29) is 5.88 Å². The molecule has 0 radical (unpaired) electrons. The molecule has 0 saturated carbocycles. The topological polar surface area (TPSA) is 48.2 Å². The fourth-order valence-electron chi connectivity index (χ4n) is 1.74. The largest absolute Gasteiger partial charge is 0.493 e. The molecular weight excluding hydrogens is 228 g/mol. The van der Waals surface area contributed by atoms with Crippen LogP contribution < -0.4 is 4.74 Å². The molecule has 0 N–H and O–H groups in total. The van der Waals surface area contributed by atoms with E-state index in [1.54, 1.807) is 0 Å². The lowest BCUT2D eigenvalue weighted by atomic mass is 10.1. The van der Waals surface area contributed by atoms with Gasteiger partial charge in [-0.15, -0.1) is 21.8 Å². The lowest BCUT2D eigenvalue weighted by molar-refractivity contribution is 0.357. The molecule has 0 saturated heterocycles. The van der Waals surface area contributed by atoms with E-state index < -0.39 is 0 Å². The maximum Gasteiger partial charge on any atom is 0.247 e. The molecule has 1 aromatic carbocycles. The number of ether oxygens (including phenoxy) is 1. The molecule has 0 fully saturated rings. The standard InChI is InChI=1S/C11H9ClN2O2/c12-6-10-13-14-11(16-10)8-1-2-9-7(5-8)3-4-15-9/h1-2,5H,3-4,6H2. The maximum absolute atomic E-state index is 5.61. The van der Waals surface area contributed by atoms with Gasteiger partial charge in [-0.25, -0.2) is 0 Å². The van der Waals surface area contributed by atoms with Crippen LogP contribution in [0, 0.1) is 0 Å². The zero-order valence-corrected chi connectivity index (χ0v) is 9.20. The van der Waals surface area contributed by atoms with Crippen molar-refractivity contribution in [2.75, 3.05) is 6.61 Å². The van der Waals surface area contributed by atoms with Crippen molar-refractivity contribution in [1.29, 1.82) is 0 Å². The second-order valence-electron chi connectivity index (χ2n) is 3.56. The van der Waals surface area contributed by atoms with Crippen molar-refractivity contribution in [3.63, 3.8) is 0 Å². The van der Waals surface area contributed by atoms with Crippen molar-refractivity contribution >= 4 is 11.6 Å². The van der Waals surface area contributed by atoms with E-state index in [1.165, 1.54) is 5.56 Å². The van der Waals surface area contributed by atoms with Crippen LogP contribution >= 0.6 is 11.6 Å². The van der Waals surface area contributed by atoms with Crippen LogP contribution in [0.4, 0.5) is 0 Å². The van der Waals surface area contributed by atoms with E-state index in [1.807, 2.05) is 18.2 Å². The smallest absolute Gasteiger partial charge is 0.247 e. The lowest BCUT2D eigenvalue weighted by Gasteiger charge is -1.99. The van der Waals surface area contributed by atoms with Crippen molar-refractivity contribution in [3.8, 4) is 17.2 Å². The van der Waals surface area contributed by atoms with Gasteiger partial charge >= 0.3 is 0 Å². The molecule has 4 nitrogen and oxygen atoms in total. The Bertz CT molecular complexity index is 524. The van der Waals surface area contributed by atoms with Crippen molar-refractivity contribution in [2.45, 2.75) is 12.3 Å². The number of benzene rings is 1. The van der Waals surface area contributed by atoms with Crippen LogP contribution in [0.5, 0.6) is 5.75 Å². The Morgan fingerprint density at radius 1 is 1.31 bits per heavy atom. The first-order valence-corrected chi connectivity index (χ1v) is 5.55. The van der Waals surface area contributed by atoms with E-state index in [0.717, 1.165) is 24.3 Å². The highest BCUT2D eigenvalue weighted by molar-refractivity contribution is 6.16. The SMILES string of the molecule is ClCc1nnc(-c2ccc3c(c2)CCO3)o1. The number of hydrogen-bond acceptors (Lipinski definition) is 4. The minimum Gasteiger partial charge on any atom is -0.493 e. The summed E-state index contributed by atoms with van der Waals surface area (Å²) in [6.45, 7) is 0.746. The van der Waals surface area contributed by atoms with E-state index >= 15 is 0 Å². The van der Waals surface area contributed by atoms with Gasteiger partial charge in [0.2, 0.25) is 11.8 Å². The van der Waals surface area contributed by atoms with Crippen LogP contribution in [0.25, 0.3) is 11.5 Å². The summed E-state index contributed by atoms with van der Waals surface area (Å²) in [6, 6.07) is 5.87. The molecule has 1 aliphatic rings. The summed E-state index contributed by atoms with van der Waals surface area (Å²) in [7, 11) is 0. The minimum absolute atomic E-state index is 0.237. The first-order chi connectivity index (χ1) is 7.86. The van der Waals surface area contributed by atoms with Crippen LogP contribution in [0.3, 0.4) is 0 Å². The molecule has 2 heterocycles. The molecule has 0 unspecified atom stereocenters. The predicted molar refractivity (Wildman–Crippen MR) is 58.5 cm³/mol. The molecule has 0 bridgehead atoms. The van der Waals surface area contributed by atoms with Gasteiger partial charge in [0.05, 0.1) is 6.61 Å². The van der Waals surface area contributed by atoms with Gasteiger partial charge in [0, 0.05) is 12.0 Å². The lowest BCUT2D eigenvalue weighted by Crippen LogP contribution is -1.85. The van der Waals surface area contributed by atoms with Crippen LogP contribution in [-0.2, 0) is 12.3 Å². The fourth-order valence-corrected chi connectivity index (χ4v) is 1.85. The summed E-state index contributed by atoms with van der Waals surface area (Å²) in [5.41, 5.74) is 2.09. The van der Waals surface area contributed by atoms with E-state index in [2.05, 4.69) is 10.2 Å². The third kappa shape index (κ3) is 1.55. The van der Waals surface area contributed by atoms with Crippen LogP contribution in [-0.4, -0.2) is 16.8 Å². The van der Waals surface area contributed by atoms with E-state index in [4.69, 9.17) is 20.8 Å². The van der Waals surface area contributed by atoms with Gasteiger partial charge in [0.25, 0.3) is 0 Å². The van der Waals surface area contributed by atoms with E-state index in [0.29, 0.717) is 11.8 Å². The van der Waals surface area contributed by atoms with Crippen molar-refractivity contribution in [2.24, 2.45) is 0 Å². The summed E-state index contributed by atoms with van der Waals surface area (Å²) >= 11 is 5.61. The average Bonchev–Trinajstić information content (AvgIpc) is 2.96. The summed E-state index contributed by atoms with van der Waals surface area (Å²) in [5.74, 6) is 2.13. The third-order valence-corrected chi connectivity index (χ3v) is 2.75. The molecule has 16 heavy (non-hydrogen) atoms. The van der Waals surface area contributed by atoms with Crippen molar-refractivity contribution < 1.29 is 9.15 Å². The second-order valence-corrected chi connectivity index (χ2v) is 3.82. The highest BCUT2D eigenvalue weighted by atomic mass is 35.5. The monoisotopic (exact) mass is 236 g/mol. The van der Waals surface area contributed by atoms with E-state index in [9.17, 15) is 0 Å². The highest BCUT2D eigenvalue weighted by Gasteiger charge is 2.15. The van der Waals surface area contributed by atoms with Gasteiger partial charge < -0.3 is 9.15 Å². The summed E-state index contributed by atoms with van der Waals surface area (Å²) in [4.78, 5) is 0. The molecule has 0 amide bonds. The first kappa shape index (κ1) is 9.66. The molecule has 0 aliphatic carbocycles. The highest BCUT2D eigenvalue weighted by Crippen LogP contribution is 2.29. The zero-order valence-electron chi connectivity index (χ0n) is 8.44. The summed E-state index contributed by atoms with van der Waals surface area (Å²) in [5, 5.41) is 7.77. The first-order valence-electron chi connectivity index (χ1n) is 5.01. The Kier molecular flexibility index (Phi) is 2.29. The van der Waals surface area contributed by atoms with Crippen molar-refractivity contribution in [1.82, 2.24) is 10.2 Å². The number of nitrogens with zero attached hydrogens (tertiary/aromatic N) is 2. The molecule has 3 rings (SSSR count). The number of fused-ring (bicyclic) bond motifs is 1. The summed E-state index contributed by atoms with van der Waals surface area (Å²) in [6.07, 6.45) is 0.930. The third-order valence-electron chi connectivity index (χ3n) is 2.52. The average molecular weight is 237 g/mol. The van der Waals surface area contributed by atoms with Crippen LogP contribution in [0.2, 0.25) is 0 Å². The van der Waals surface area contributed by atoms with Gasteiger partial charge in [0.15, 0.2) is 0 Å². The normalized spacial score (nSPS) is 13.6. The van der Waals surface area contributed by atoms with Crippen LogP contribution in [0.15, 0.2) is 22.6 Å². The van der Waals surface area contributed by atoms with Crippen molar-refractivity contribution in [3.05, 3.63) is 29.7 Å². The molecule has 2 aromatic rings. The quantitative estimate of drug-likeness (QED) is 0.752. The molecule has 0 spiro atoms. The van der Waals surface area contributed by atoms with Gasteiger partial charge in [-0.05, 0) is 23.8 Å². The number of hydrogen-bond donors (Lipinski definition) is 0. The van der Waals surface area contributed by atoms with Gasteiger partial charge in [0.1, 0.15) is 11.6 Å². The molecular formula is C11H9ClN2O2.